The van der Waals surface area contributed by atoms with Crippen LogP contribution in [0.4, 0.5) is 11.4 Å². The van der Waals surface area contributed by atoms with Crippen molar-refractivity contribution in [2.24, 2.45) is 4.99 Å². The normalized spacial score (nSPS) is 17.1. The lowest BCUT2D eigenvalue weighted by molar-refractivity contribution is 0.807. The molecule has 55 heavy (non-hydrogen) atoms. The Hall–Kier alpha value is -5.55. The zero-order chi connectivity index (χ0) is 37.0. The molecule has 1 atom stereocenters. The third-order valence-corrected chi connectivity index (χ3v) is 13.9. The van der Waals surface area contributed by atoms with Gasteiger partial charge in [-0.15, -0.1) is 22.7 Å². The molecule has 1 aliphatic heterocycles. The minimum absolute atomic E-state index is 0.0343. The van der Waals surface area contributed by atoms with Crippen molar-refractivity contribution < 1.29 is 0 Å². The second-order valence-electron chi connectivity index (χ2n) is 14.9. The minimum Gasteiger partial charge on any atom is -0.318 e. The zero-order valence-electron chi connectivity index (χ0n) is 31.5. The Morgan fingerprint density at radius 2 is 1.58 bits per heavy atom. The summed E-state index contributed by atoms with van der Waals surface area (Å²) in [5.41, 5.74) is 12.8. The van der Waals surface area contributed by atoms with Crippen molar-refractivity contribution in [3.8, 4) is 0 Å². The van der Waals surface area contributed by atoms with Crippen LogP contribution in [-0.4, -0.2) is 5.84 Å². The fourth-order valence-electron chi connectivity index (χ4n) is 8.83. The van der Waals surface area contributed by atoms with Gasteiger partial charge in [0.05, 0.1) is 11.7 Å². The number of hydrogen-bond acceptors (Lipinski definition) is 3. The third-order valence-electron chi connectivity index (χ3n) is 11.5. The SMILES string of the molecule is C/C=C(\C(=Nc1c(C)sc2ccccc12)N1c2ccccc2CC2=C(C=CCC=C2)c2c(sc3cc4c(cc23)CCC=C4)C1C)c1ccc2ccccc2c1. The molecular formula is C51H42N2S2. The van der Waals surface area contributed by atoms with Gasteiger partial charge < -0.3 is 4.90 Å². The first-order valence-electron chi connectivity index (χ1n) is 19.5. The number of thiophene rings is 2. The molecule has 0 N–H and O–H groups in total. The number of fused-ring (bicyclic) bond motifs is 8. The first-order valence-corrected chi connectivity index (χ1v) is 21.1. The molecule has 3 aliphatic rings. The molecule has 0 amide bonds. The van der Waals surface area contributed by atoms with Gasteiger partial charge in [0, 0.05) is 53.2 Å². The Bertz CT molecular complexity index is 2870. The lowest BCUT2D eigenvalue weighted by atomic mass is 9.90. The standard InChI is InChI=1S/C51H42N2S2/c1-4-41(39-27-26-34-16-8-9-17-35(34)28-39)51(52-49-33(3)54-46-25-15-13-23-43(46)49)53-32(2)50-48(44-30-36-18-10-11-19-37(36)31-47(44)55-50)42-22-7-5-6-20-38(42)29-40-21-12-14-24-45(40)53/h4,6-9,11-17,19-28,30-32H,5,10,18,29H2,1-3H3/b41-4-,52-51?. The molecule has 0 saturated heterocycles. The van der Waals surface area contributed by atoms with E-state index < -0.39 is 0 Å². The molecule has 268 valence electrons. The van der Waals surface area contributed by atoms with Crippen molar-refractivity contribution >= 4 is 88.1 Å². The number of aryl methyl sites for hydroxylation is 2. The van der Waals surface area contributed by atoms with Crippen molar-refractivity contribution in [3.63, 3.8) is 0 Å². The molecule has 2 nitrogen and oxygen atoms in total. The van der Waals surface area contributed by atoms with Crippen molar-refractivity contribution in [1.82, 2.24) is 0 Å². The Balaban J connectivity index is 1.29. The van der Waals surface area contributed by atoms with Crippen LogP contribution >= 0.6 is 22.7 Å². The second kappa shape index (κ2) is 13.9. The van der Waals surface area contributed by atoms with Crippen LogP contribution in [0.2, 0.25) is 0 Å². The van der Waals surface area contributed by atoms with E-state index in [1.54, 1.807) is 0 Å². The fourth-order valence-corrected chi connectivity index (χ4v) is 11.1. The van der Waals surface area contributed by atoms with Crippen LogP contribution in [-0.2, 0) is 12.8 Å². The Labute approximate surface area is 331 Å². The summed E-state index contributed by atoms with van der Waals surface area (Å²) in [5.74, 6) is 0.971. The molecule has 7 aromatic rings. The summed E-state index contributed by atoms with van der Waals surface area (Å²) >= 11 is 3.79. The Kier molecular flexibility index (Phi) is 8.61. The van der Waals surface area contributed by atoms with Crippen LogP contribution in [0, 0.1) is 6.92 Å². The number of rotatable bonds is 3. The van der Waals surface area contributed by atoms with Crippen LogP contribution in [0.5, 0.6) is 0 Å². The number of allylic oxidation sites excluding steroid dienone is 8. The van der Waals surface area contributed by atoms with Crippen molar-refractivity contribution in [2.75, 3.05) is 4.90 Å². The van der Waals surface area contributed by atoms with E-state index in [9.17, 15) is 0 Å². The highest BCUT2D eigenvalue weighted by atomic mass is 32.1. The van der Waals surface area contributed by atoms with E-state index in [-0.39, 0.29) is 6.04 Å². The third kappa shape index (κ3) is 5.87. The zero-order valence-corrected chi connectivity index (χ0v) is 33.1. The van der Waals surface area contributed by atoms with Crippen LogP contribution in [0.1, 0.15) is 70.3 Å². The van der Waals surface area contributed by atoms with E-state index in [0.717, 1.165) is 48.3 Å². The van der Waals surface area contributed by atoms with Crippen LogP contribution in [0.15, 0.2) is 150 Å². The van der Waals surface area contributed by atoms with E-state index in [0.29, 0.717) is 0 Å². The number of amidine groups is 1. The highest BCUT2D eigenvalue weighted by molar-refractivity contribution is 7.20. The highest BCUT2D eigenvalue weighted by Gasteiger charge is 2.33. The smallest absolute Gasteiger partial charge is 0.141 e. The van der Waals surface area contributed by atoms with Gasteiger partial charge in [0.15, 0.2) is 0 Å². The molecule has 0 radical (unpaired) electrons. The van der Waals surface area contributed by atoms with Gasteiger partial charge in [-0.2, -0.15) is 0 Å². The number of aliphatic imine (C=N–C) groups is 1. The number of benzene rings is 5. The molecule has 10 rings (SSSR count). The van der Waals surface area contributed by atoms with E-state index in [1.807, 2.05) is 22.7 Å². The molecule has 1 unspecified atom stereocenters. The largest absolute Gasteiger partial charge is 0.318 e. The molecule has 0 bridgehead atoms. The van der Waals surface area contributed by atoms with Crippen LogP contribution in [0.3, 0.4) is 0 Å². The first kappa shape index (κ1) is 34.0. The van der Waals surface area contributed by atoms with Crippen molar-refractivity contribution in [2.45, 2.75) is 52.5 Å². The molecule has 4 heteroatoms. The van der Waals surface area contributed by atoms with Crippen LogP contribution in [0.25, 0.3) is 48.2 Å². The topological polar surface area (TPSA) is 15.6 Å². The second-order valence-corrected chi connectivity index (χ2v) is 17.2. The number of hydrogen-bond donors (Lipinski definition) is 0. The molecular weight excluding hydrogens is 705 g/mol. The molecule has 2 aromatic heterocycles. The molecule has 3 heterocycles. The number of para-hydroxylation sites is 1. The maximum absolute atomic E-state index is 5.88. The van der Waals surface area contributed by atoms with Crippen molar-refractivity contribution in [3.05, 3.63) is 183 Å². The maximum Gasteiger partial charge on any atom is 0.141 e. The number of nitrogens with zero attached hydrogens (tertiary/aromatic N) is 2. The van der Waals surface area contributed by atoms with Crippen LogP contribution < -0.4 is 4.90 Å². The lowest BCUT2D eigenvalue weighted by Crippen LogP contribution is -2.35. The van der Waals surface area contributed by atoms with Gasteiger partial charge >= 0.3 is 0 Å². The molecule has 0 spiro atoms. The summed E-state index contributed by atoms with van der Waals surface area (Å²) in [6.45, 7) is 6.81. The Morgan fingerprint density at radius 3 is 2.49 bits per heavy atom. The predicted molar refractivity (Wildman–Crippen MR) is 241 cm³/mol. The van der Waals surface area contributed by atoms with Gasteiger partial charge in [-0.3, -0.25) is 0 Å². The van der Waals surface area contributed by atoms with Gasteiger partial charge in [0.1, 0.15) is 5.84 Å². The van der Waals surface area contributed by atoms with Gasteiger partial charge in [0.25, 0.3) is 0 Å². The quantitative estimate of drug-likeness (QED) is 0.130. The molecule has 2 aliphatic carbocycles. The first-order chi connectivity index (χ1) is 27.1. The van der Waals surface area contributed by atoms with Gasteiger partial charge in [-0.25, -0.2) is 4.99 Å². The Morgan fingerprint density at radius 1 is 0.764 bits per heavy atom. The number of anilines is 1. The molecule has 0 saturated carbocycles. The summed E-state index contributed by atoms with van der Waals surface area (Å²) in [7, 11) is 0. The van der Waals surface area contributed by atoms with Gasteiger partial charge in [-0.1, -0.05) is 115 Å². The minimum atomic E-state index is -0.0343. The average Bonchev–Trinajstić information content (AvgIpc) is 3.65. The highest BCUT2D eigenvalue weighted by Crippen LogP contribution is 2.49. The van der Waals surface area contributed by atoms with E-state index in [2.05, 4.69) is 171 Å². The molecule has 5 aromatic carbocycles. The monoisotopic (exact) mass is 746 g/mol. The van der Waals surface area contributed by atoms with E-state index in [4.69, 9.17) is 4.99 Å². The predicted octanol–water partition coefficient (Wildman–Crippen LogP) is 14.8. The van der Waals surface area contributed by atoms with E-state index in [1.165, 1.54) is 79.8 Å². The van der Waals surface area contributed by atoms with Crippen molar-refractivity contribution in [1.29, 1.82) is 0 Å². The van der Waals surface area contributed by atoms with Gasteiger partial charge in [0.2, 0.25) is 0 Å². The molecule has 0 fully saturated rings. The summed E-state index contributed by atoms with van der Waals surface area (Å²) < 4.78 is 2.61. The van der Waals surface area contributed by atoms with Gasteiger partial charge in [-0.05, 0) is 115 Å². The summed E-state index contributed by atoms with van der Waals surface area (Å²) in [4.78, 5) is 11.1. The average molecular weight is 747 g/mol. The fraction of sp³-hybridized carbons (Fsp3) is 0.157. The summed E-state index contributed by atoms with van der Waals surface area (Å²) in [6.07, 6.45) is 20.4. The summed E-state index contributed by atoms with van der Waals surface area (Å²) in [5, 5.41) is 5.04. The lowest BCUT2D eigenvalue weighted by Gasteiger charge is -2.35. The van der Waals surface area contributed by atoms with E-state index >= 15 is 0 Å². The maximum atomic E-state index is 5.88. The summed E-state index contributed by atoms with van der Waals surface area (Å²) in [6, 6.07) is 38.3.